The number of carbonyl (C=O) groups excluding carboxylic acids is 1. The molecule has 1 aromatic rings. The van der Waals surface area contributed by atoms with Crippen molar-refractivity contribution in [3.05, 3.63) is 35.4 Å². The van der Waals surface area contributed by atoms with Crippen LogP contribution >= 0.6 is 0 Å². The second-order valence-corrected chi connectivity index (χ2v) is 3.23. The Morgan fingerprint density at radius 1 is 1.29 bits per heavy atom. The number of nitriles is 2. The smallest absolute Gasteiger partial charge is 0.256 e. The highest BCUT2D eigenvalue weighted by Crippen LogP contribution is 2.04. The van der Waals surface area contributed by atoms with Crippen molar-refractivity contribution in [1.82, 2.24) is 0 Å². The van der Waals surface area contributed by atoms with Gasteiger partial charge in [-0.25, -0.2) is 0 Å². The molecule has 0 aliphatic carbocycles. The van der Waals surface area contributed by atoms with Crippen LogP contribution in [-0.4, -0.2) is 18.1 Å². The zero-order valence-corrected chi connectivity index (χ0v) is 9.17. The maximum absolute atomic E-state index is 11.6. The topological polar surface area (TPSA) is 86.2 Å². The van der Waals surface area contributed by atoms with Gasteiger partial charge in [0, 0.05) is 5.56 Å². The first kappa shape index (κ1) is 12.4. The molecule has 0 unspecified atom stereocenters. The lowest BCUT2D eigenvalue weighted by atomic mass is 10.1. The Kier molecular flexibility index (Phi) is 4.41. The van der Waals surface area contributed by atoms with E-state index in [1.54, 1.807) is 12.1 Å². The Morgan fingerprint density at radius 2 is 1.88 bits per heavy atom. The van der Waals surface area contributed by atoms with E-state index in [1.807, 2.05) is 19.1 Å². The van der Waals surface area contributed by atoms with E-state index in [4.69, 9.17) is 10.5 Å². The predicted molar refractivity (Wildman–Crippen MR) is 60.1 cm³/mol. The molecule has 17 heavy (non-hydrogen) atoms. The van der Waals surface area contributed by atoms with Gasteiger partial charge in [-0.1, -0.05) is 35.0 Å². The van der Waals surface area contributed by atoms with Gasteiger partial charge in [-0.15, -0.1) is 0 Å². The first-order valence-corrected chi connectivity index (χ1v) is 4.77. The molecule has 1 rings (SSSR count). The summed E-state index contributed by atoms with van der Waals surface area (Å²) >= 11 is 0. The summed E-state index contributed by atoms with van der Waals surface area (Å²) in [4.78, 5) is 16.2. The lowest BCUT2D eigenvalue weighted by molar-refractivity contribution is 0.0777. The van der Waals surface area contributed by atoms with Crippen LogP contribution in [0.25, 0.3) is 0 Å². The minimum Gasteiger partial charge on any atom is -0.386 e. The maximum atomic E-state index is 11.6. The van der Waals surface area contributed by atoms with Crippen LogP contribution in [0.2, 0.25) is 0 Å². The number of oxime groups is 1. The lowest BCUT2D eigenvalue weighted by Gasteiger charge is -2.00. The van der Waals surface area contributed by atoms with Crippen molar-refractivity contribution in [2.45, 2.75) is 6.92 Å². The van der Waals surface area contributed by atoms with Crippen molar-refractivity contribution in [2.24, 2.45) is 5.16 Å². The summed E-state index contributed by atoms with van der Waals surface area (Å²) in [5.41, 5.74) is 1.14. The van der Waals surface area contributed by atoms with Gasteiger partial charge in [0.15, 0.2) is 6.61 Å². The quantitative estimate of drug-likeness (QED) is 0.444. The van der Waals surface area contributed by atoms with Gasteiger partial charge in [0.25, 0.3) is 5.71 Å². The van der Waals surface area contributed by atoms with E-state index < -0.39 is 5.71 Å². The normalized spacial score (nSPS) is 8.65. The van der Waals surface area contributed by atoms with Crippen molar-refractivity contribution in [3.63, 3.8) is 0 Å². The highest BCUT2D eigenvalue weighted by atomic mass is 16.6. The second kappa shape index (κ2) is 6.04. The molecule has 5 nitrogen and oxygen atoms in total. The molecule has 0 radical (unpaired) electrons. The Bertz CT molecular complexity index is 502. The number of nitrogens with zero attached hydrogens (tertiary/aromatic N) is 3. The number of rotatable bonds is 4. The number of ketones is 1. The molecule has 0 bridgehead atoms. The van der Waals surface area contributed by atoms with Gasteiger partial charge in [0.05, 0.1) is 0 Å². The second-order valence-electron chi connectivity index (χ2n) is 3.23. The molecule has 0 aliphatic heterocycles. The summed E-state index contributed by atoms with van der Waals surface area (Å²) in [7, 11) is 0. The summed E-state index contributed by atoms with van der Waals surface area (Å²) in [5.74, 6) is -0.260. The number of hydrogen-bond acceptors (Lipinski definition) is 5. The molecule has 0 saturated heterocycles. The van der Waals surface area contributed by atoms with Crippen LogP contribution < -0.4 is 0 Å². The molecule has 0 fully saturated rings. The zero-order chi connectivity index (χ0) is 12.7. The molecule has 0 heterocycles. The Morgan fingerprint density at radius 3 is 2.41 bits per heavy atom. The van der Waals surface area contributed by atoms with Crippen molar-refractivity contribution < 1.29 is 9.63 Å². The van der Waals surface area contributed by atoms with Gasteiger partial charge >= 0.3 is 0 Å². The van der Waals surface area contributed by atoms with E-state index in [-0.39, 0.29) is 12.4 Å². The minimum atomic E-state index is -0.415. The fraction of sp³-hybridized carbons (Fsp3) is 0.167. The van der Waals surface area contributed by atoms with Gasteiger partial charge < -0.3 is 4.84 Å². The molecular formula is C12H9N3O2. The molecule has 0 N–H and O–H groups in total. The number of benzene rings is 1. The van der Waals surface area contributed by atoms with Gasteiger partial charge in [-0.3, -0.25) is 4.79 Å². The molecule has 0 atom stereocenters. The van der Waals surface area contributed by atoms with Crippen molar-refractivity contribution in [2.75, 3.05) is 6.61 Å². The minimum absolute atomic E-state index is 0.260. The SMILES string of the molecule is Cc1ccc(C(=O)CON=C(C#N)C#N)cc1. The molecule has 0 saturated carbocycles. The zero-order valence-electron chi connectivity index (χ0n) is 9.17. The fourth-order valence-electron chi connectivity index (χ4n) is 1.04. The van der Waals surface area contributed by atoms with Crippen molar-refractivity contribution in [1.29, 1.82) is 10.5 Å². The van der Waals surface area contributed by atoms with Gasteiger partial charge in [-0.05, 0) is 6.92 Å². The average molecular weight is 227 g/mol. The molecular weight excluding hydrogens is 218 g/mol. The van der Waals surface area contributed by atoms with Crippen LogP contribution in [0.15, 0.2) is 29.4 Å². The third-order valence-electron chi connectivity index (χ3n) is 1.94. The van der Waals surface area contributed by atoms with Gasteiger partial charge in [0.1, 0.15) is 12.1 Å². The van der Waals surface area contributed by atoms with Gasteiger partial charge in [-0.2, -0.15) is 10.5 Å². The third-order valence-corrected chi connectivity index (χ3v) is 1.94. The van der Waals surface area contributed by atoms with Crippen LogP contribution in [0.5, 0.6) is 0 Å². The largest absolute Gasteiger partial charge is 0.386 e. The van der Waals surface area contributed by atoms with Crippen LogP contribution in [-0.2, 0) is 4.84 Å². The summed E-state index contributed by atoms with van der Waals surface area (Å²) in [5, 5.41) is 20.0. The van der Waals surface area contributed by atoms with Crippen LogP contribution in [0.3, 0.4) is 0 Å². The third kappa shape index (κ3) is 3.77. The molecule has 0 aliphatic rings. The fourth-order valence-corrected chi connectivity index (χ4v) is 1.04. The monoisotopic (exact) mass is 227 g/mol. The van der Waals surface area contributed by atoms with Crippen LogP contribution in [0.4, 0.5) is 0 Å². The van der Waals surface area contributed by atoms with E-state index in [0.29, 0.717) is 5.56 Å². The van der Waals surface area contributed by atoms with E-state index >= 15 is 0 Å². The highest BCUT2D eigenvalue weighted by Gasteiger charge is 2.06. The van der Waals surface area contributed by atoms with Gasteiger partial charge in [0.2, 0.25) is 5.78 Å². The van der Waals surface area contributed by atoms with E-state index in [1.165, 1.54) is 12.1 Å². The van der Waals surface area contributed by atoms with Crippen LogP contribution in [0, 0.1) is 29.6 Å². The van der Waals surface area contributed by atoms with E-state index in [9.17, 15) is 4.79 Å². The lowest BCUT2D eigenvalue weighted by Crippen LogP contribution is -2.07. The van der Waals surface area contributed by atoms with E-state index in [2.05, 4.69) is 9.99 Å². The first-order chi connectivity index (χ1) is 8.17. The molecule has 5 heteroatoms. The molecule has 0 aromatic heterocycles. The predicted octanol–water partition coefficient (Wildman–Crippen LogP) is 1.60. The summed E-state index contributed by atoms with van der Waals surface area (Å²) in [6.45, 7) is 1.62. The summed E-state index contributed by atoms with van der Waals surface area (Å²) < 4.78 is 0. The summed E-state index contributed by atoms with van der Waals surface area (Å²) in [6.07, 6.45) is 0. The Balaban J connectivity index is 2.58. The molecule has 0 amide bonds. The number of Topliss-reactive ketones (excluding diaryl/α,β-unsaturated/α-hetero) is 1. The summed E-state index contributed by atoms with van der Waals surface area (Å²) in [6, 6.07) is 10.0. The van der Waals surface area contributed by atoms with E-state index in [0.717, 1.165) is 5.56 Å². The van der Waals surface area contributed by atoms with Crippen LogP contribution in [0.1, 0.15) is 15.9 Å². The standard InChI is InChI=1S/C12H9N3O2/c1-9-2-4-10(5-3-9)12(16)8-17-15-11(6-13)7-14/h2-5H,8H2,1H3. The molecule has 1 aromatic carbocycles. The Hall–Kier alpha value is -2.66. The van der Waals surface area contributed by atoms with Crippen molar-refractivity contribution >= 4 is 11.5 Å². The number of carbonyl (C=O) groups is 1. The highest BCUT2D eigenvalue weighted by molar-refractivity contribution is 6.09. The number of aryl methyl sites for hydroxylation is 1. The Labute approximate surface area is 98.5 Å². The molecule has 0 spiro atoms. The molecule has 84 valence electrons. The average Bonchev–Trinajstić information content (AvgIpc) is 2.35. The first-order valence-electron chi connectivity index (χ1n) is 4.77. The number of hydrogen-bond donors (Lipinski definition) is 0. The van der Waals surface area contributed by atoms with Crippen molar-refractivity contribution in [3.8, 4) is 12.1 Å². The maximum Gasteiger partial charge on any atom is 0.256 e.